The topological polar surface area (TPSA) is 67.1 Å². The van der Waals surface area contributed by atoms with Crippen molar-refractivity contribution >= 4 is 29.9 Å². The van der Waals surface area contributed by atoms with Gasteiger partial charge < -0.3 is 10.6 Å². The van der Waals surface area contributed by atoms with Gasteiger partial charge in [0.2, 0.25) is 0 Å². The lowest BCUT2D eigenvalue weighted by atomic mass is 10.2. The molecular formula is C14H18F3IN6. The average Bonchev–Trinajstić information content (AvgIpc) is 3.04. The van der Waals surface area contributed by atoms with Gasteiger partial charge in [0, 0.05) is 38.7 Å². The lowest BCUT2D eigenvalue weighted by Gasteiger charge is -2.13. The van der Waals surface area contributed by atoms with E-state index in [1.807, 2.05) is 12.1 Å². The largest absolute Gasteiger partial charge is 0.390 e. The van der Waals surface area contributed by atoms with Crippen LogP contribution in [0.15, 0.2) is 41.8 Å². The summed E-state index contributed by atoms with van der Waals surface area (Å²) in [6.45, 7) is 0.181. The minimum absolute atomic E-state index is 0. The third-order valence-corrected chi connectivity index (χ3v) is 2.93. The van der Waals surface area contributed by atoms with Gasteiger partial charge in [0.05, 0.1) is 6.42 Å². The molecule has 24 heavy (non-hydrogen) atoms. The van der Waals surface area contributed by atoms with Gasteiger partial charge in [-0.3, -0.25) is 4.99 Å². The molecule has 0 amide bonds. The van der Waals surface area contributed by atoms with Crippen molar-refractivity contribution in [2.75, 3.05) is 13.6 Å². The van der Waals surface area contributed by atoms with Crippen LogP contribution in [0.5, 0.6) is 0 Å². The van der Waals surface area contributed by atoms with Gasteiger partial charge in [0.15, 0.2) is 11.8 Å². The van der Waals surface area contributed by atoms with Crippen molar-refractivity contribution in [1.82, 2.24) is 25.4 Å². The monoisotopic (exact) mass is 454 g/mol. The van der Waals surface area contributed by atoms with E-state index >= 15 is 0 Å². The molecule has 2 heterocycles. The summed E-state index contributed by atoms with van der Waals surface area (Å²) in [5, 5.41) is 9.68. The molecule has 6 nitrogen and oxygen atoms in total. The van der Waals surface area contributed by atoms with Crippen LogP contribution >= 0.6 is 24.0 Å². The van der Waals surface area contributed by atoms with Crippen molar-refractivity contribution in [3.05, 3.63) is 42.4 Å². The Bertz CT molecular complexity index is 642. The van der Waals surface area contributed by atoms with Crippen molar-refractivity contribution in [1.29, 1.82) is 0 Å². The molecule has 0 saturated heterocycles. The predicted octanol–water partition coefficient (Wildman–Crippen LogP) is 2.50. The highest BCUT2D eigenvalue weighted by Gasteiger charge is 2.26. The van der Waals surface area contributed by atoms with Crippen LogP contribution in [0.2, 0.25) is 0 Å². The molecule has 0 aliphatic heterocycles. The summed E-state index contributed by atoms with van der Waals surface area (Å²) in [7, 11) is 1.50. The maximum absolute atomic E-state index is 12.1. The number of rotatable bonds is 5. The van der Waals surface area contributed by atoms with Gasteiger partial charge in [-0.05, 0) is 23.8 Å². The van der Waals surface area contributed by atoms with Crippen molar-refractivity contribution in [2.24, 2.45) is 4.99 Å². The maximum atomic E-state index is 12.1. The molecule has 0 atom stereocenters. The number of hydrogen-bond donors (Lipinski definition) is 2. The van der Waals surface area contributed by atoms with E-state index in [-0.39, 0.29) is 30.5 Å². The highest BCUT2D eigenvalue weighted by atomic mass is 127. The molecule has 0 radical (unpaired) electrons. The minimum atomic E-state index is -4.18. The zero-order valence-electron chi connectivity index (χ0n) is 12.9. The molecule has 2 aromatic heterocycles. The highest BCUT2D eigenvalue weighted by molar-refractivity contribution is 14.0. The first-order valence-corrected chi connectivity index (χ1v) is 6.94. The number of guanidine groups is 1. The third-order valence-electron chi connectivity index (χ3n) is 2.93. The SMILES string of the molecule is CN=C(NCCC(F)(F)F)NCc1ccnc(-n2cccn2)c1.I. The second-order valence-electron chi connectivity index (χ2n) is 4.69. The van der Waals surface area contributed by atoms with Crippen LogP contribution in [0.1, 0.15) is 12.0 Å². The minimum Gasteiger partial charge on any atom is -0.356 e. The zero-order chi connectivity index (χ0) is 16.7. The van der Waals surface area contributed by atoms with Crippen molar-refractivity contribution in [2.45, 2.75) is 19.1 Å². The molecule has 2 N–H and O–H groups in total. The van der Waals surface area contributed by atoms with Crippen LogP contribution < -0.4 is 10.6 Å². The Balaban J connectivity index is 0.00000288. The molecule has 132 valence electrons. The fraction of sp³-hybridized carbons (Fsp3) is 0.357. The van der Waals surface area contributed by atoms with Gasteiger partial charge in [-0.2, -0.15) is 18.3 Å². The number of nitrogens with one attached hydrogen (secondary N) is 2. The number of alkyl halides is 3. The van der Waals surface area contributed by atoms with E-state index in [1.54, 1.807) is 29.3 Å². The molecular weight excluding hydrogens is 436 g/mol. The first-order chi connectivity index (χ1) is 11.0. The second kappa shape index (κ2) is 9.45. The Morgan fingerprint density at radius 3 is 2.71 bits per heavy atom. The molecule has 10 heteroatoms. The standard InChI is InChI=1S/C14H17F3N6.HI/c1-18-13(20-7-4-14(15,16)17)21-10-11-3-6-19-12(9-11)23-8-2-5-22-23;/h2-3,5-6,8-9H,4,7,10H2,1H3,(H2,18,20,21);1H. The van der Waals surface area contributed by atoms with Crippen molar-refractivity contribution < 1.29 is 13.2 Å². The number of hydrogen-bond acceptors (Lipinski definition) is 3. The lowest BCUT2D eigenvalue weighted by Crippen LogP contribution is -2.38. The normalized spacial score (nSPS) is 11.8. The van der Waals surface area contributed by atoms with Crippen molar-refractivity contribution in [3.63, 3.8) is 0 Å². The third kappa shape index (κ3) is 6.72. The van der Waals surface area contributed by atoms with Gasteiger partial charge in [-0.25, -0.2) is 9.67 Å². The number of pyridine rings is 1. The highest BCUT2D eigenvalue weighted by Crippen LogP contribution is 2.18. The smallest absolute Gasteiger partial charge is 0.356 e. The van der Waals surface area contributed by atoms with Crippen LogP contribution in [0.3, 0.4) is 0 Å². The number of aromatic nitrogens is 3. The molecule has 0 fully saturated rings. The Labute approximate surface area is 154 Å². The second-order valence-corrected chi connectivity index (χ2v) is 4.69. The molecule has 0 aromatic carbocycles. The summed E-state index contributed by atoms with van der Waals surface area (Å²) in [5.74, 6) is 0.973. The predicted molar refractivity (Wildman–Crippen MR) is 95.6 cm³/mol. The van der Waals surface area contributed by atoms with E-state index < -0.39 is 12.6 Å². The average molecular weight is 454 g/mol. The zero-order valence-corrected chi connectivity index (χ0v) is 15.2. The van der Waals surface area contributed by atoms with E-state index in [0.29, 0.717) is 18.3 Å². The summed E-state index contributed by atoms with van der Waals surface area (Å²) >= 11 is 0. The number of halogens is 4. The maximum Gasteiger partial charge on any atom is 0.390 e. The van der Waals surface area contributed by atoms with Gasteiger partial charge in [0.1, 0.15) is 0 Å². The van der Waals surface area contributed by atoms with E-state index in [4.69, 9.17) is 0 Å². The van der Waals surface area contributed by atoms with Crippen LogP contribution in [0, 0.1) is 0 Å². The van der Waals surface area contributed by atoms with Gasteiger partial charge in [-0.15, -0.1) is 24.0 Å². The Morgan fingerprint density at radius 2 is 2.08 bits per heavy atom. The van der Waals surface area contributed by atoms with Crippen LogP contribution in [-0.4, -0.2) is 40.5 Å². The molecule has 0 aliphatic carbocycles. The van der Waals surface area contributed by atoms with Gasteiger partial charge in [-0.1, -0.05) is 0 Å². The Morgan fingerprint density at radius 1 is 1.29 bits per heavy atom. The van der Waals surface area contributed by atoms with Crippen LogP contribution in [-0.2, 0) is 6.54 Å². The fourth-order valence-corrected chi connectivity index (χ4v) is 1.83. The molecule has 2 aromatic rings. The molecule has 0 spiro atoms. The van der Waals surface area contributed by atoms with E-state index in [0.717, 1.165) is 5.56 Å². The molecule has 0 unspecified atom stereocenters. The summed E-state index contributed by atoms with van der Waals surface area (Å²) in [6, 6.07) is 5.44. The van der Waals surface area contributed by atoms with Crippen LogP contribution in [0.4, 0.5) is 13.2 Å². The van der Waals surface area contributed by atoms with E-state index in [2.05, 4.69) is 25.7 Å². The Hall–Kier alpha value is -1.85. The summed E-state index contributed by atoms with van der Waals surface area (Å²) in [5.41, 5.74) is 0.907. The van der Waals surface area contributed by atoms with Gasteiger partial charge in [0.25, 0.3) is 0 Å². The molecule has 0 aliphatic rings. The first-order valence-electron chi connectivity index (χ1n) is 6.94. The van der Waals surface area contributed by atoms with Gasteiger partial charge >= 0.3 is 6.18 Å². The number of nitrogens with zero attached hydrogens (tertiary/aromatic N) is 4. The summed E-state index contributed by atoms with van der Waals surface area (Å²) in [4.78, 5) is 8.10. The summed E-state index contributed by atoms with van der Waals surface area (Å²) in [6.07, 6.45) is -0.0218. The fourth-order valence-electron chi connectivity index (χ4n) is 1.83. The summed E-state index contributed by atoms with van der Waals surface area (Å²) < 4.78 is 38.0. The van der Waals surface area contributed by atoms with E-state index in [9.17, 15) is 13.2 Å². The van der Waals surface area contributed by atoms with Crippen LogP contribution in [0.25, 0.3) is 5.82 Å². The van der Waals surface area contributed by atoms with Crippen molar-refractivity contribution in [3.8, 4) is 5.82 Å². The quantitative estimate of drug-likeness (QED) is 0.414. The Kier molecular flexibility index (Phi) is 7.95. The molecule has 2 rings (SSSR count). The first kappa shape index (κ1) is 20.2. The molecule has 0 bridgehead atoms. The number of aliphatic imine (C=N–C) groups is 1. The molecule has 0 saturated carbocycles. The van der Waals surface area contributed by atoms with E-state index in [1.165, 1.54) is 7.05 Å². The lowest BCUT2D eigenvalue weighted by molar-refractivity contribution is -0.132.